The minimum absolute atomic E-state index is 0.122. The van der Waals surface area contributed by atoms with E-state index in [1.165, 1.54) is 0 Å². The van der Waals surface area contributed by atoms with E-state index in [0.717, 1.165) is 12.0 Å². The SMILES string of the molecule is CCC(C)NC(=O)c1ccc(C(=O)NCc2ccncc2)cc1. The molecule has 0 saturated carbocycles. The lowest BCUT2D eigenvalue weighted by Gasteiger charge is -2.11. The first kappa shape index (κ1) is 16.7. The zero-order valence-corrected chi connectivity index (χ0v) is 13.4. The first-order chi connectivity index (χ1) is 11.1. The molecule has 0 fully saturated rings. The van der Waals surface area contributed by atoms with Crippen molar-refractivity contribution in [2.45, 2.75) is 32.9 Å². The topological polar surface area (TPSA) is 71.1 Å². The zero-order chi connectivity index (χ0) is 16.7. The van der Waals surface area contributed by atoms with Crippen LogP contribution in [0.3, 0.4) is 0 Å². The molecule has 2 N–H and O–H groups in total. The summed E-state index contributed by atoms with van der Waals surface area (Å²) in [5.41, 5.74) is 2.06. The standard InChI is InChI=1S/C18H21N3O2/c1-3-13(2)21-18(23)16-6-4-15(5-7-16)17(22)20-12-14-8-10-19-11-9-14/h4-11,13H,3,12H2,1-2H3,(H,20,22)(H,21,23). The maximum absolute atomic E-state index is 12.1. The fraction of sp³-hybridized carbons (Fsp3) is 0.278. The van der Waals surface area contributed by atoms with Crippen molar-refractivity contribution in [3.8, 4) is 0 Å². The molecule has 0 saturated heterocycles. The number of hydrogen-bond acceptors (Lipinski definition) is 3. The molecule has 1 unspecified atom stereocenters. The summed E-state index contributed by atoms with van der Waals surface area (Å²) in [6, 6.07) is 10.5. The van der Waals surface area contributed by atoms with Crippen LogP contribution in [0, 0.1) is 0 Å². The third-order valence-corrected chi connectivity index (χ3v) is 3.60. The molecule has 0 radical (unpaired) electrons. The molecule has 0 aliphatic heterocycles. The van der Waals surface area contributed by atoms with Crippen LogP contribution in [0.15, 0.2) is 48.8 Å². The lowest BCUT2D eigenvalue weighted by Crippen LogP contribution is -2.32. The monoisotopic (exact) mass is 311 g/mol. The van der Waals surface area contributed by atoms with E-state index in [0.29, 0.717) is 17.7 Å². The smallest absolute Gasteiger partial charge is 0.251 e. The van der Waals surface area contributed by atoms with Gasteiger partial charge in [-0.1, -0.05) is 6.92 Å². The highest BCUT2D eigenvalue weighted by molar-refractivity contribution is 5.97. The number of rotatable bonds is 6. The Bertz CT molecular complexity index is 654. The lowest BCUT2D eigenvalue weighted by atomic mass is 10.1. The first-order valence-electron chi connectivity index (χ1n) is 7.68. The van der Waals surface area contributed by atoms with Gasteiger partial charge >= 0.3 is 0 Å². The number of benzene rings is 1. The van der Waals surface area contributed by atoms with Gasteiger partial charge in [-0.05, 0) is 55.3 Å². The van der Waals surface area contributed by atoms with Crippen LogP contribution in [-0.4, -0.2) is 22.8 Å². The van der Waals surface area contributed by atoms with E-state index in [4.69, 9.17) is 0 Å². The van der Waals surface area contributed by atoms with Crippen LogP contribution in [0.4, 0.5) is 0 Å². The van der Waals surface area contributed by atoms with Gasteiger partial charge in [0, 0.05) is 36.1 Å². The van der Waals surface area contributed by atoms with Gasteiger partial charge in [-0.2, -0.15) is 0 Å². The van der Waals surface area contributed by atoms with Crippen LogP contribution in [-0.2, 0) is 6.54 Å². The van der Waals surface area contributed by atoms with Gasteiger partial charge in [-0.3, -0.25) is 14.6 Å². The highest BCUT2D eigenvalue weighted by Crippen LogP contribution is 2.06. The Morgan fingerprint density at radius 1 is 1.00 bits per heavy atom. The Kier molecular flexibility index (Phi) is 5.86. The van der Waals surface area contributed by atoms with Gasteiger partial charge in [0.15, 0.2) is 0 Å². The number of nitrogens with one attached hydrogen (secondary N) is 2. The fourth-order valence-electron chi connectivity index (χ4n) is 1.97. The van der Waals surface area contributed by atoms with E-state index in [-0.39, 0.29) is 17.9 Å². The molecule has 0 aliphatic carbocycles. The molecule has 1 aromatic carbocycles. The van der Waals surface area contributed by atoms with Gasteiger partial charge in [0.1, 0.15) is 0 Å². The number of amides is 2. The summed E-state index contributed by atoms with van der Waals surface area (Å²) in [7, 11) is 0. The lowest BCUT2D eigenvalue weighted by molar-refractivity contribution is 0.0931. The van der Waals surface area contributed by atoms with Crippen molar-refractivity contribution in [2.75, 3.05) is 0 Å². The summed E-state index contributed by atoms with van der Waals surface area (Å²) in [5, 5.41) is 5.73. The van der Waals surface area contributed by atoms with Crippen molar-refractivity contribution >= 4 is 11.8 Å². The quantitative estimate of drug-likeness (QED) is 0.861. The van der Waals surface area contributed by atoms with E-state index in [2.05, 4.69) is 15.6 Å². The third kappa shape index (κ3) is 4.92. The molecule has 5 heteroatoms. The molecular weight excluding hydrogens is 290 g/mol. The maximum atomic E-state index is 12.1. The van der Waals surface area contributed by atoms with Crippen molar-refractivity contribution in [2.24, 2.45) is 0 Å². The van der Waals surface area contributed by atoms with Crippen LogP contribution in [0.2, 0.25) is 0 Å². The van der Waals surface area contributed by atoms with E-state index >= 15 is 0 Å². The molecular formula is C18H21N3O2. The number of aromatic nitrogens is 1. The predicted octanol–water partition coefficient (Wildman–Crippen LogP) is 2.54. The first-order valence-corrected chi connectivity index (χ1v) is 7.68. The molecule has 1 atom stereocenters. The molecule has 0 aliphatic rings. The maximum Gasteiger partial charge on any atom is 0.251 e. The number of nitrogens with zero attached hydrogens (tertiary/aromatic N) is 1. The van der Waals surface area contributed by atoms with Crippen molar-refractivity contribution in [1.29, 1.82) is 0 Å². The Hall–Kier alpha value is -2.69. The van der Waals surface area contributed by atoms with Crippen molar-refractivity contribution in [3.05, 3.63) is 65.5 Å². The van der Waals surface area contributed by atoms with Crippen molar-refractivity contribution in [1.82, 2.24) is 15.6 Å². The van der Waals surface area contributed by atoms with Crippen LogP contribution in [0.5, 0.6) is 0 Å². The van der Waals surface area contributed by atoms with E-state index in [1.807, 2.05) is 26.0 Å². The summed E-state index contributed by atoms with van der Waals surface area (Å²) in [6.45, 7) is 4.41. The number of pyridine rings is 1. The highest BCUT2D eigenvalue weighted by Gasteiger charge is 2.10. The Morgan fingerprint density at radius 3 is 2.13 bits per heavy atom. The van der Waals surface area contributed by atoms with E-state index in [1.54, 1.807) is 36.7 Å². The average Bonchev–Trinajstić information content (AvgIpc) is 2.60. The summed E-state index contributed by atoms with van der Waals surface area (Å²) < 4.78 is 0. The molecule has 0 spiro atoms. The minimum atomic E-state index is -0.171. The zero-order valence-electron chi connectivity index (χ0n) is 13.4. The van der Waals surface area contributed by atoms with Gasteiger partial charge in [0.05, 0.1) is 0 Å². The highest BCUT2D eigenvalue weighted by atomic mass is 16.2. The van der Waals surface area contributed by atoms with Gasteiger partial charge in [-0.15, -0.1) is 0 Å². The van der Waals surface area contributed by atoms with E-state index < -0.39 is 0 Å². The normalized spacial score (nSPS) is 11.6. The Labute approximate surface area is 136 Å². The van der Waals surface area contributed by atoms with Gasteiger partial charge in [-0.25, -0.2) is 0 Å². The van der Waals surface area contributed by atoms with Gasteiger partial charge < -0.3 is 10.6 Å². The van der Waals surface area contributed by atoms with E-state index in [9.17, 15) is 9.59 Å². The number of carbonyl (C=O) groups excluding carboxylic acids is 2. The molecule has 2 rings (SSSR count). The predicted molar refractivity (Wildman–Crippen MR) is 89.1 cm³/mol. The molecule has 23 heavy (non-hydrogen) atoms. The molecule has 2 aromatic rings. The number of carbonyl (C=O) groups is 2. The fourth-order valence-corrected chi connectivity index (χ4v) is 1.97. The molecule has 5 nitrogen and oxygen atoms in total. The van der Waals surface area contributed by atoms with Crippen molar-refractivity contribution in [3.63, 3.8) is 0 Å². The van der Waals surface area contributed by atoms with Crippen LogP contribution in [0.1, 0.15) is 46.5 Å². The van der Waals surface area contributed by atoms with Crippen LogP contribution < -0.4 is 10.6 Å². The van der Waals surface area contributed by atoms with Gasteiger partial charge in [0.2, 0.25) is 0 Å². The molecule has 1 aromatic heterocycles. The minimum Gasteiger partial charge on any atom is -0.350 e. The van der Waals surface area contributed by atoms with Crippen molar-refractivity contribution < 1.29 is 9.59 Å². The van der Waals surface area contributed by atoms with Crippen LogP contribution in [0.25, 0.3) is 0 Å². The molecule has 2 amide bonds. The number of hydrogen-bond donors (Lipinski definition) is 2. The summed E-state index contributed by atoms with van der Waals surface area (Å²) >= 11 is 0. The molecule has 1 heterocycles. The second-order valence-corrected chi connectivity index (χ2v) is 5.40. The molecule has 0 bridgehead atoms. The summed E-state index contributed by atoms with van der Waals surface area (Å²) in [6.07, 6.45) is 4.25. The second kappa shape index (κ2) is 8.08. The summed E-state index contributed by atoms with van der Waals surface area (Å²) in [5.74, 6) is -0.293. The average molecular weight is 311 g/mol. The Morgan fingerprint density at radius 2 is 1.57 bits per heavy atom. The van der Waals surface area contributed by atoms with Gasteiger partial charge in [0.25, 0.3) is 11.8 Å². The van der Waals surface area contributed by atoms with Crippen LogP contribution >= 0.6 is 0 Å². The second-order valence-electron chi connectivity index (χ2n) is 5.40. The molecule has 120 valence electrons. The third-order valence-electron chi connectivity index (χ3n) is 3.60. The Balaban J connectivity index is 1.93. The summed E-state index contributed by atoms with van der Waals surface area (Å²) in [4.78, 5) is 28.0. The largest absolute Gasteiger partial charge is 0.350 e.